The van der Waals surface area contributed by atoms with E-state index in [0.29, 0.717) is 13.2 Å². The Bertz CT molecular complexity index is 719. The van der Waals surface area contributed by atoms with Crippen LogP contribution in [0, 0.1) is 0 Å². The number of imidazole rings is 1. The van der Waals surface area contributed by atoms with E-state index < -0.39 is 0 Å². The lowest BCUT2D eigenvalue weighted by atomic mass is 10.1. The first kappa shape index (κ1) is 19.9. The van der Waals surface area contributed by atoms with Gasteiger partial charge >= 0.3 is 0 Å². The SMILES string of the molecule is CCCCCCCCn1c(CCNC(=O)C2CCCO2)nc2ccccc21. The van der Waals surface area contributed by atoms with Crippen molar-refractivity contribution in [3.05, 3.63) is 30.1 Å². The quantitative estimate of drug-likeness (QED) is 0.601. The summed E-state index contributed by atoms with van der Waals surface area (Å²) in [6, 6.07) is 8.33. The second-order valence-corrected chi connectivity index (χ2v) is 7.48. The minimum atomic E-state index is -0.257. The highest BCUT2D eigenvalue weighted by molar-refractivity contribution is 5.81. The van der Waals surface area contributed by atoms with Gasteiger partial charge in [-0.15, -0.1) is 0 Å². The number of nitrogens with zero attached hydrogens (tertiary/aromatic N) is 2. The molecule has 1 aromatic heterocycles. The number of amides is 1. The first-order valence-corrected chi connectivity index (χ1v) is 10.6. The van der Waals surface area contributed by atoms with E-state index in [1.165, 1.54) is 44.0 Å². The Labute approximate surface area is 162 Å². The normalized spacial score (nSPS) is 16.9. The number of nitrogens with one attached hydrogen (secondary N) is 1. The number of aryl methyl sites for hydroxylation is 1. The van der Waals surface area contributed by atoms with Crippen LogP contribution in [0.25, 0.3) is 11.0 Å². The van der Waals surface area contributed by atoms with E-state index in [-0.39, 0.29) is 12.0 Å². The van der Waals surface area contributed by atoms with Crippen molar-refractivity contribution in [1.82, 2.24) is 14.9 Å². The van der Waals surface area contributed by atoms with E-state index in [1.807, 2.05) is 6.07 Å². The van der Waals surface area contributed by atoms with Gasteiger partial charge in [0.05, 0.1) is 11.0 Å². The number of carbonyl (C=O) groups is 1. The molecule has 5 heteroatoms. The lowest BCUT2D eigenvalue weighted by molar-refractivity contribution is -0.130. The molecule has 1 fully saturated rings. The standard InChI is InChI=1S/C22H33N3O2/c1-2-3-4-5-6-9-16-25-19-12-8-7-11-18(19)24-21(25)14-15-23-22(26)20-13-10-17-27-20/h7-8,11-12,20H,2-6,9-10,13-17H2,1H3,(H,23,26). The van der Waals surface area contributed by atoms with Crippen LogP contribution in [-0.2, 0) is 22.5 Å². The Morgan fingerprint density at radius 3 is 2.85 bits per heavy atom. The van der Waals surface area contributed by atoms with Crippen LogP contribution in [0.1, 0.15) is 64.1 Å². The fourth-order valence-corrected chi connectivity index (χ4v) is 3.81. The first-order chi connectivity index (χ1) is 13.3. The Morgan fingerprint density at radius 1 is 1.22 bits per heavy atom. The van der Waals surface area contributed by atoms with Crippen LogP contribution < -0.4 is 5.32 Å². The fraction of sp³-hybridized carbons (Fsp3) is 0.636. The molecule has 1 aromatic carbocycles. The van der Waals surface area contributed by atoms with Gasteiger partial charge < -0.3 is 14.6 Å². The molecule has 0 spiro atoms. The predicted molar refractivity (Wildman–Crippen MR) is 109 cm³/mol. The largest absolute Gasteiger partial charge is 0.368 e. The van der Waals surface area contributed by atoms with E-state index in [2.05, 4.69) is 35.0 Å². The van der Waals surface area contributed by atoms with Crippen LogP contribution in [0.4, 0.5) is 0 Å². The minimum Gasteiger partial charge on any atom is -0.368 e. The predicted octanol–water partition coefficient (Wildman–Crippen LogP) is 4.23. The van der Waals surface area contributed by atoms with Crippen molar-refractivity contribution in [2.75, 3.05) is 13.2 Å². The van der Waals surface area contributed by atoms with Gasteiger partial charge in [-0.3, -0.25) is 4.79 Å². The second kappa shape index (κ2) is 10.5. The number of aromatic nitrogens is 2. The molecule has 0 bridgehead atoms. The van der Waals surface area contributed by atoms with Crippen LogP contribution >= 0.6 is 0 Å². The highest BCUT2D eigenvalue weighted by Crippen LogP contribution is 2.18. The van der Waals surface area contributed by atoms with Crippen LogP contribution in [0.15, 0.2) is 24.3 Å². The third-order valence-electron chi connectivity index (χ3n) is 5.34. The van der Waals surface area contributed by atoms with Crippen molar-refractivity contribution in [3.8, 4) is 0 Å². The van der Waals surface area contributed by atoms with Gasteiger partial charge in [0, 0.05) is 26.1 Å². The molecule has 1 atom stereocenters. The van der Waals surface area contributed by atoms with Crippen molar-refractivity contribution in [1.29, 1.82) is 0 Å². The average Bonchev–Trinajstić information content (AvgIpc) is 3.33. The molecule has 27 heavy (non-hydrogen) atoms. The number of rotatable bonds is 11. The lowest BCUT2D eigenvalue weighted by Crippen LogP contribution is -2.35. The summed E-state index contributed by atoms with van der Waals surface area (Å²) in [4.78, 5) is 16.9. The zero-order valence-corrected chi connectivity index (χ0v) is 16.6. The van der Waals surface area contributed by atoms with Crippen LogP contribution in [0.5, 0.6) is 0 Å². The zero-order valence-electron chi connectivity index (χ0n) is 16.6. The summed E-state index contributed by atoms with van der Waals surface area (Å²) in [5.41, 5.74) is 2.25. The summed E-state index contributed by atoms with van der Waals surface area (Å²) in [6.45, 7) is 4.56. The molecule has 0 radical (unpaired) electrons. The van der Waals surface area contributed by atoms with Crippen molar-refractivity contribution in [2.24, 2.45) is 0 Å². The minimum absolute atomic E-state index is 0.0195. The topological polar surface area (TPSA) is 56.2 Å². The maximum atomic E-state index is 12.1. The number of benzene rings is 1. The molecule has 1 saturated heterocycles. The molecule has 1 aliphatic heterocycles. The molecule has 0 aliphatic carbocycles. The molecule has 0 saturated carbocycles. The monoisotopic (exact) mass is 371 g/mol. The van der Waals surface area contributed by atoms with Crippen molar-refractivity contribution >= 4 is 16.9 Å². The molecule has 5 nitrogen and oxygen atoms in total. The summed E-state index contributed by atoms with van der Waals surface area (Å²) >= 11 is 0. The third-order valence-corrected chi connectivity index (χ3v) is 5.34. The van der Waals surface area contributed by atoms with Crippen molar-refractivity contribution in [3.63, 3.8) is 0 Å². The highest BCUT2D eigenvalue weighted by Gasteiger charge is 2.23. The van der Waals surface area contributed by atoms with E-state index in [0.717, 1.165) is 37.1 Å². The number of ether oxygens (including phenoxy) is 1. The number of para-hydroxylation sites is 2. The van der Waals surface area contributed by atoms with Gasteiger partial charge in [0.1, 0.15) is 11.9 Å². The molecule has 1 unspecified atom stereocenters. The Balaban J connectivity index is 1.55. The maximum Gasteiger partial charge on any atom is 0.249 e. The van der Waals surface area contributed by atoms with Gasteiger partial charge in [0.2, 0.25) is 5.91 Å². The van der Waals surface area contributed by atoms with Crippen molar-refractivity contribution in [2.45, 2.75) is 77.4 Å². The zero-order chi connectivity index (χ0) is 18.9. The number of hydrogen-bond donors (Lipinski definition) is 1. The molecule has 2 aromatic rings. The van der Waals surface area contributed by atoms with E-state index in [9.17, 15) is 4.79 Å². The van der Waals surface area contributed by atoms with Gasteiger partial charge in [-0.05, 0) is 31.4 Å². The van der Waals surface area contributed by atoms with Gasteiger partial charge in [-0.2, -0.15) is 0 Å². The summed E-state index contributed by atoms with van der Waals surface area (Å²) < 4.78 is 7.79. The molecule has 3 rings (SSSR count). The van der Waals surface area contributed by atoms with E-state index >= 15 is 0 Å². The number of fused-ring (bicyclic) bond motifs is 1. The van der Waals surface area contributed by atoms with Crippen LogP contribution in [-0.4, -0.2) is 34.7 Å². The van der Waals surface area contributed by atoms with E-state index in [1.54, 1.807) is 0 Å². The average molecular weight is 372 g/mol. The van der Waals surface area contributed by atoms with Crippen molar-refractivity contribution < 1.29 is 9.53 Å². The van der Waals surface area contributed by atoms with E-state index in [4.69, 9.17) is 9.72 Å². The first-order valence-electron chi connectivity index (χ1n) is 10.6. The number of unbranched alkanes of at least 4 members (excludes halogenated alkanes) is 5. The second-order valence-electron chi connectivity index (χ2n) is 7.48. The fourth-order valence-electron chi connectivity index (χ4n) is 3.81. The van der Waals surface area contributed by atoms with Gasteiger partial charge in [-0.1, -0.05) is 51.2 Å². The summed E-state index contributed by atoms with van der Waals surface area (Å²) in [5, 5.41) is 3.02. The smallest absolute Gasteiger partial charge is 0.249 e. The molecule has 1 amide bonds. The Kier molecular flexibility index (Phi) is 7.69. The lowest BCUT2D eigenvalue weighted by Gasteiger charge is -2.12. The van der Waals surface area contributed by atoms with Crippen LogP contribution in [0.3, 0.4) is 0 Å². The van der Waals surface area contributed by atoms with Gasteiger partial charge in [-0.25, -0.2) is 4.98 Å². The van der Waals surface area contributed by atoms with Crippen LogP contribution in [0.2, 0.25) is 0 Å². The molecule has 2 heterocycles. The maximum absolute atomic E-state index is 12.1. The Morgan fingerprint density at radius 2 is 2.04 bits per heavy atom. The third kappa shape index (κ3) is 5.55. The summed E-state index contributed by atoms with van der Waals surface area (Å²) in [5.74, 6) is 1.09. The summed E-state index contributed by atoms with van der Waals surface area (Å²) in [6.07, 6.45) is 10.0. The molecule has 1 N–H and O–H groups in total. The molecular weight excluding hydrogens is 338 g/mol. The molecule has 148 valence electrons. The Hall–Kier alpha value is -1.88. The number of carbonyl (C=O) groups excluding carboxylic acids is 1. The molecular formula is C22H33N3O2. The van der Waals surface area contributed by atoms with Gasteiger partial charge in [0.15, 0.2) is 0 Å². The number of hydrogen-bond acceptors (Lipinski definition) is 3. The summed E-state index contributed by atoms with van der Waals surface area (Å²) in [7, 11) is 0. The molecule has 1 aliphatic rings. The highest BCUT2D eigenvalue weighted by atomic mass is 16.5. The van der Waals surface area contributed by atoms with Gasteiger partial charge in [0.25, 0.3) is 0 Å².